The maximum absolute atomic E-state index is 12.5. The van der Waals surface area contributed by atoms with Gasteiger partial charge in [0.05, 0.1) is 7.11 Å². The number of nitrogens with zero attached hydrogens (tertiary/aromatic N) is 1. The van der Waals surface area contributed by atoms with Gasteiger partial charge in [0, 0.05) is 5.56 Å². The predicted molar refractivity (Wildman–Crippen MR) is 46.1 cm³/mol. The first kappa shape index (κ1) is 13.3. The third-order valence-corrected chi connectivity index (χ3v) is 1.88. The Morgan fingerprint density at radius 1 is 1.41 bits per heavy atom. The molecule has 94 valence electrons. The minimum absolute atomic E-state index is 0.108. The number of rotatable bonds is 3. The van der Waals surface area contributed by atoms with Crippen LogP contribution in [0.2, 0.25) is 0 Å². The number of pyridine rings is 1. The van der Waals surface area contributed by atoms with Crippen molar-refractivity contribution in [1.29, 1.82) is 0 Å². The summed E-state index contributed by atoms with van der Waals surface area (Å²) in [5.74, 6) is -0.988. The van der Waals surface area contributed by atoms with Crippen LogP contribution in [-0.4, -0.2) is 18.4 Å². The second kappa shape index (κ2) is 4.64. The highest BCUT2D eigenvalue weighted by Gasteiger charge is 2.37. The molecule has 3 nitrogen and oxygen atoms in total. The van der Waals surface area contributed by atoms with Crippen LogP contribution in [0.4, 0.5) is 22.0 Å². The van der Waals surface area contributed by atoms with Crippen LogP contribution in [-0.2, 0) is 6.18 Å². The molecule has 0 aliphatic heterocycles. The lowest BCUT2D eigenvalue weighted by atomic mass is 10.1. The zero-order chi connectivity index (χ0) is 13.2. The third kappa shape index (κ3) is 2.69. The summed E-state index contributed by atoms with van der Waals surface area (Å²) in [5.41, 5.74) is -3.22. The summed E-state index contributed by atoms with van der Waals surface area (Å²) in [7, 11) is 0.868. The van der Waals surface area contributed by atoms with Crippen LogP contribution in [0.3, 0.4) is 0 Å². The Morgan fingerprint density at radius 3 is 2.35 bits per heavy atom. The molecule has 0 bridgehead atoms. The van der Waals surface area contributed by atoms with E-state index in [0.717, 1.165) is 7.11 Å². The Kier molecular flexibility index (Phi) is 3.64. The molecule has 1 heterocycles. The van der Waals surface area contributed by atoms with Crippen molar-refractivity contribution in [3.63, 3.8) is 0 Å². The SMILES string of the molecule is COc1nc(C(F)F)c(C=O)cc1C(F)(F)F. The standard InChI is InChI=1S/C9H6F5NO2/c1-17-8-5(9(12,13)14)2-4(3-16)6(15-8)7(10)11/h2-3,7H,1H3. The normalized spacial score (nSPS) is 11.7. The van der Waals surface area contributed by atoms with E-state index in [-0.39, 0.29) is 6.29 Å². The van der Waals surface area contributed by atoms with E-state index in [2.05, 4.69) is 9.72 Å². The lowest BCUT2D eigenvalue weighted by Gasteiger charge is -2.13. The van der Waals surface area contributed by atoms with E-state index in [4.69, 9.17) is 0 Å². The number of ether oxygens (including phenoxy) is 1. The molecule has 17 heavy (non-hydrogen) atoms. The largest absolute Gasteiger partial charge is 0.481 e. The van der Waals surface area contributed by atoms with Crippen LogP contribution in [0.5, 0.6) is 5.88 Å². The fraction of sp³-hybridized carbons (Fsp3) is 0.333. The van der Waals surface area contributed by atoms with Crippen LogP contribution in [0, 0.1) is 0 Å². The molecule has 0 aliphatic carbocycles. The molecule has 0 spiro atoms. The Labute approximate surface area is 92.2 Å². The Bertz CT molecular complexity index is 430. The molecular weight excluding hydrogens is 249 g/mol. The van der Waals surface area contributed by atoms with Crippen molar-refractivity contribution in [3.05, 3.63) is 22.9 Å². The van der Waals surface area contributed by atoms with Gasteiger partial charge in [-0.1, -0.05) is 0 Å². The van der Waals surface area contributed by atoms with Gasteiger partial charge in [0.2, 0.25) is 5.88 Å². The predicted octanol–water partition coefficient (Wildman–Crippen LogP) is 2.86. The smallest absolute Gasteiger partial charge is 0.421 e. The Morgan fingerprint density at radius 2 is 2.00 bits per heavy atom. The molecule has 0 atom stereocenters. The summed E-state index contributed by atoms with van der Waals surface area (Å²) in [4.78, 5) is 13.4. The molecule has 0 amide bonds. The molecule has 0 fully saturated rings. The second-order valence-electron chi connectivity index (χ2n) is 2.94. The molecule has 0 unspecified atom stereocenters. The molecule has 1 rings (SSSR count). The third-order valence-electron chi connectivity index (χ3n) is 1.88. The number of aldehydes is 1. The van der Waals surface area contributed by atoms with Gasteiger partial charge in [0.25, 0.3) is 6.43 Å². The molecule has 0 radical (unpaired) electrons. The number of hydrogen-bond acceptors (Lipinski definition) is 3. The first-order valence-electron chi connectivity index (χ1n) is 4.20. The maximum atomic E-state index is 12.5. The van der Waals surface area contributed by atoms with Crippen molar-refractivity contribution in [2.45, 2.75) is 12.6 Å². The van der Waals surface area contributed by atoms with E-state index in [1.54, 1.807) is 0 Å². The van der Waals surface area contributed by atoms with Crippen LogP contribution in [0.15, 0.2) is 6.07 Å². The molecular formula is C9H6F5NO2. The molecule has 0 aromatic carbocycles. The maximum Gasteiger partial charge on any atom is 0.421 e. The van der Waals surface area contributed by atoms with E-state index in [1.165, 1.54) is 0 Å². The summed E-state index contributed by atoms with van der Waals surface area (Å²) in [6, 6.07) is 0.292. The van der Waals surface area contributed by atoms with Gasteiger partial charge in [-0.05, 0) is 6.07 Å². The van der Waals surface area contributed by atoms with Gasteiger partial charge in [-0.25, -0.2) is 13.8 Å². The van der Waals surface area contributed by atoms with Crippen LogP contribution in [0.1, 0.15) is 28.0 Å². The minimum Gasteiger partial charge on any atom is -0.481 e. The monoisotopic (exact) mass is 255 g/mol. The summed E-state index contributed by atoms with van der Waals surface area (Å²) in [5, 5.41) is 0. The number of halogens is 5. The average molecular weight is 255 g/mol. The van der Waals surface area contributed by atoms with Crippen LogP contribution in [0.25, 0.3) is 0 Å². The van der Waals surface area contributed by atoms with Crippen molar-refractivity contribution < 1.29 is 31.5 Å². The number of carbonyl (C=O) groups excluding carboxylic acids is 1. The number of hydrogen-bond donors (Lipinski definition) is 0. The van der Waals surface area contributed by atoms with Crippen molar-refractivity contribution in [1.82, 2.24) is 4.98 Å². The van der Waals surface area contributed by atoms with Crippen LogP contribution >= 0.6 is 0 Å². The van der Waals surface area contributed by atoms with Gasteiger partial charge in [0.15, 0.2) is 6.29 Å². The lowest BCUT2D eigenvalue weighted by molar-refractivity contribution is -0.139. The topological polar surface area (TPSA) is 39.2 Å². The minimum atomic E-state index is -4.84. The summed E-state index contributed by atoms with van der Waals surface area (Å²) >= 11 is 0. The second-order valence-corrected chi connectivity index (χ2v) is 2.94. The zero-order valence-electron chi connectivity index (χ0n) is 8.39. The molecule has 0 saturated carbocycles. The first-order chi connectivity index (χ1) is 7.81. The van der Waals surface area contributed by atoms with Gasteiger partial charge in [0.1, 0.15) is 11.3 Å². The molecule has 0 saturated heterocycles. The highest BCUT2D eigenvalue weighted by atomic mass is 19.4. The molecule has 0 aliphatic rings. The summed E-state index contributed by atoms with van der Waals surface area (Å²) in [6.07, 6.45) is -8.11. The molecule has 0 N–H and O–H groups in total. The Balaban J connectivity index is 3.49. The number of alkyl halides is 5. The van der Waals surface area contributed by atoms with E-state index in [0.29, 0.717) is 6.07 Å². The number of aromatic nitrogens is 1. The van der Waals surface area contributed by atoms with Crippen molar-refractivity contribution in [3.8, 4) is 5.88 Å². The highest BCUT2D eigenvalue weighted by molar-refractivity contribution is 5.77. The molecule has 8 heteroatoms. The van der Waals surface area contributed by atoms with Crippen LogP contribution < -0.4 is 4.74 Å². The van der Waals surface area contributed by atoms with E-state index in [1.807, 2.05) is 0 Å². The fourth-order valence-electron chi connectivity index (χ4n) is 1.15. The first-order valence-corrected chi connectivity index (χ1v) is 4.20. The quantitative estimate of drug-likeness (QED) is 0.615. The summed E-state index contributed by atoms with van der Waals surface area (Å²) in [6.45, 7) is 0. The van der Waals surface area contributed by atoms with Crippen molar-refractivity contribution in [2.75, 3.05) is 7.11 Å². The van der Waals surface area contributed by atoms with Gasteiger partial charge >= 0.3 is 6.18 Å². The summed E-state index contributed by atoms with van der Waals surface area (Å²) < 4.78 is 66.5. The fourth-order valence-corrected chi connectivity index (χ4v) is 1.15. The van der Waals surface area contributed by atoms with Gasteiger partial charge in [-0.2, -0.15) is 13.2 Å². The average Bonchev–Trinajstić information content (AvgIpc) is 2.25. The van der Waals surface area contributed by atoms with Crippen molar-refractivity contribution in [2.24, 2.45) is 0 Å². The van der Waals surface area contributed by atoms with Crippen molar-refractivity contribution >= 4 is 6.29 Å². The van der Waals surface area contributed by atoms with E-state index in [9.17, 15) is 26.7 Å². The Hall–Kier alpha value is -1.73. The van der Waals surface area contributed by atoms with Gasteiger partial charge in [-0.15, -0.1) is 0 Å². The van der Waals surface area contributed by atoms with E-state index >= 15 is 0 Å². The van der Waals surface area contributed by atoms with Gasteiger partial charge in [-0.3, -0.25) is 4.79 Å². The number of carbonyl (C=O) groups is 1. The lowest BCUT2D eigenvalue weighted by Crippen LogP contribution is -2.12. The van der Waals surface area contributed by atoms with Gasteiger partial charge < -0.3 is 4.74 Å². The molecule has 1 aromatic rings. The highest BCUT2D eigenvalue weighted by Crippen LogP contribution is 2.37. The number of methoxy groups -OCH3 is 1. The van der Waals surface area contributed by atoms with E-state index < -0.39 is 35.3 Å². The zero-order valence-corrected chi connectivity index (χ0v) is 8.39. The molecule has 1 aromatic heterocycles.